The molecule has 150 valence electrons. The van der Waals surface area contributed by atoms with Crippen LogP contribution in [-0.2, 0) is 39.9 Å². The predicted octanol–water partition coefficient (Wildman–Crippen LogP) is 2.61. The van der Waals surface area contributed by atoms with Crippen LogP contribution < -0.4 is 0 Å². The SMILES string of the molecule is CCCOC1O[C@@H](C)[C@@H](OC(C)=O)[C@@H](OC(C)=O)[C@@H]1OCc1ccccc1. The van der Waals surface area contributed by atoms with E-state index in [1.807, 2.05) is 37.3 Å². The Morgan fingerprint density at radius 1 is 0.963 bits per heavy atom. The zero-order valence-electron chi connectivity index (χ0n) is 16.3. The number of carbonyl (C=O) groups excluding carboxylic acids is 2. The van der Waals surface area contributed by atoms with Crippen molar-refractivity contribution in [1.29, 1.82) is 0 Å². The molecule has 0 bridgehead atoms. The molecule has 2 rings (SSSR count). The van der Waals surface area contributed by atoms with Crippen molar-refractivity contribution >= 4 is 11.9 Å². The van der Waals surface area contributed by atoms with Crippen LogP contribution in [0.4, 0.5) is 0 Å². The second-order valence-electron chi connectivity index (χ2n) is 6.49. The van der Waals surface area contributed by atoms with Crippen LogP contribution in [0.1, 0.15) is 39.7 Å². The van der Waals surface area contributed by atoms with Gasteiger partial charge in [0.1, 0.15) is 6.10 Å². The van der Waals surface area contributed by atoms with E-state index in [4.69, 9.17) is 23.7 Å². The molecule has 0 saturated carbocycles. The Balaban J connectivity index is 2.24. The zero-order valence-corrected chi connectivity index (χ0v) is 16.3. The third-order valence-electron chi connectivity index (χ3n) is 4.10. The number of hydrogen-bond acceptors (Lipinski definition) is 7. The van der Waals surface area contributed by atoms with Gasteiger partial charge in [-0.15, -0.1) is 0 Å². The second kappa shape index (κ2) is 10.4. The maximum absolute atomic E-state index is 11.7. The summed E-state index contributed by atoms with van der Waals surface area (Å²) in [5.41, 5.74) is 0.955. The lowest BCUT2D eigenvalue weighted by molar-refractivity contribution is -0.308. The predicted molar refractivity (Wildman–Crippen MR) is 96.7 cm³/mol. The van der Waals surface area contributed by atoms with Crippen molar-refractivity contribution < 1.29 is 33.3 Å². The van der Waals surface area contributed by atoms with Crippen LogP contribution >= 0.6 is 0 Å². The summed E-state index contributed by atoms with van der Waals surface area (Å²) in [5, 5.41) is 0. The van der Waals surface area contributed by atoms with Crippen molar-refractivity contribution in [2.24, 2.45) is 0 Å². The van der Waals surface area contributed by atoms with Gasteiger partial charge >= 0.3 is 11.9 Å². The van der Waals surface area contributed by atoms with Gasteiger partial charge in [-0.1, -0.05) is 37.3 Å². The van der Waals surface area contributed by atoms with E-state index in [-0.39, 0.29) is 6.61 Å². The molecule has 7 nitrogen and oxygen atoms in total. The van der Waals surface area contributed by atoms with Crippen molar-refractivity contribution in [1.82, 2.24) is 0 Å². The highest BCUT2D eigenvalue weighted by Crippen LogP contribution is 2.29. The minimum absolute atomic E-state index is 0.278. The molecule has 1 saturated heterocycles. The minimum atomic E-state index is -0.833. The number of rotatable bonds is 8. The summed E-state index contributed by atoms with van der Waals surface area (Å²) in [7, 11) is 0. The summed E-state index contributed by atoms with van der Waals surface area (Å²) < 4.78 is 28.6. The molecule has 1 heterocycles. The smallest absolute Gasteiger partial charge is 0.303 e. The molecule has 0 N–H and O–H groups in total. The first kappa shape index (κ1) is 21.3. The monoisotopic (exact) mass is 380 g/mol. The first-order valence-corrected chi connectivity index (χ1v) is 9.19. The Bertz CT molecular complexity index is 604. The largest absolute Gasteiger partial charge is 0.456 e. The third kappa shape index (κ3) is 6.30. The molecule has 0 spiro atoms. The summed E-state index contributed by atoms with van der Waals surface area (Å²) >= 11 is 0. The molecule has 7 heteroatoms. The van der Waals surface area contributed by atoms with Crippen molar-refractivity contribution in [3.8, 4) is 0 Å². The number of esters is 2. The highest BCUT2D eigenvalue weighted by Gasteiger charge is 2.49. The van der Waals surface area contributed by atoms with E-state index in [1.165, 1.54) is 13.8 Å². The minimum Gasteiger partial charge on any atom is -0.456 e. The molecule has 0 aliphatic carbocycles. The molecular weight excluding hydrogens is 352 g/mol. The first-order valence-electron chi connectivity index (χ1n) is 9.19. The maximum atomic E-state index is 11.7. The van der Waals surface area contributed by atoms with E-state index < -0.39 is 42.6 Å². The summed E-state index contributed by atoms with van der Waals surface area (Å²) in [6.07, 6.45) is -2.81. The lowest BCUT2D eigenvalue weighted by Gasteiger charge is -2.43. The molecule has 1 aliphatic heterocycles. The lowest BCUT2D eigenvalue weighted by atomic mass is 9.98. The van der Waals surface area contributed by atoms with Crippen molar-refractivity contribution in [2.75, 3.05) is 6.61 Å². The molecule has 0 radical (unpaired) electrons. The van der Waals surface area contributed by atoms with E-state index in [1.54, 1.807) is 6.92 Å². The standard InChI is InChI=1S/C20H28O7/c1-5-11-23-20-19(24-12-16-9-7-6-8-10-16)18(27-15(4)22)17(13(2)25-20)26-14(3)21/h6-10,13,17-20H,5,11-12H2,1-4H3/t13-,17+,18+,19-,20?/m0/s1. The molecule has 27 heavy (non-hydrogen) atoms. The van der Waals surface area contributed by atoms with Gasteiger partial charge in [-0.05, 0) is 18.9 Å². The number of benzene rings is 1. The fraction of sp³-hybridized carbons (Fsp3) is 0.600. The Morgan fingerprint density at radius 2 is 1.59 bits per heavy atom. The van der Waals surface area contributed by atoms with Gasteiger partial charge in [0.25, 0.3) is 0 Å². The van der Waals surface area contributed by atoms with Crippen LogP contribution in [0, 0.1) is 0 Å². The Kier molecular flexibility index (Phi) is 8.22. The molecule has 0 aromatic heterocycles. The quantitative estimate of drug-likeness (QED) is 0.641. The third-order valence-corrected chi connectivity index (χ3v) is 4.10. The van der Waals surface area contributed by atoms with E-state index in [0.29, 0.717) is 6.61 Å². The van der Waals surface area contributed by atoms with Crippen LogP contribution in [0.5, 0.6) is 0 Å². The molecule has 1 unspecified atom stereocenters. The summed E-state index contributed by atoms with van der Waals surface area (Å²) in [5.74, 6) is -0.976. The highest BCUT2D eigenvalue weighted by atomic mass is 16.7. The molecule has 1 fully saturated rings. The van der Waals surface area contributed by atoms with Crippen LogP contribution in [-0.4, -0.2) is 49.3 Å². The number of ether oxygens (including phenoxy) is 5. The summed E-state index contributed by atoms with van der Waals surface area (Å²) in [6.45, 7) is 7.09. The van der Waals surface area contributed by atoms with Gasteiger partial charge in [-0.3, -0.25) is 9.59 Å². The van der Waals surface area contributed by atoms with E-state index in [9.17, 15) is 9.59 Å². The molecule has 1 aromatic rings. The van der Waals surface area contributed by atoms with Gasteiger partial charge in [0.05, 0.1) is 12.7 Å². The van der Waals surface area contributed by atoms with Crippen molar-refractivity contribution in [3.63, 3.8) is 0 Å². The van der Waals surface area contributed by atoms with Crippen LogP contribution in [0.15, 0.2) is 30.3 Å². The number of carbonyl (C=O) groups is 2. The van der Waals surface area contributed by atoms with Crippen LogP contribution in [0.25, 0.3) is 0 Å². The van der Waals surface area contributed by atoms with Crippen molar-refractivity contribution in [2.45, 2.75) is 71.4 Å². The molecule has 1 aliphatic rings. The van der Waals surface area contributed by atoms with Gasteiger partial charge in [-0.2, -0.15) is 0 Å². The van der Waals surface area contributed by atoms with Crippen LogP contribution in [0.3, 0.4) is 0 Å². The fourth-order valence-corrected chi connectivity index (χ4v) is 2.96. The van der Waals surface area contributed by atoms with Gasteiger partial charge in [0, 0.05) is 20.5 Å². The normalized spacial score (nSPS) is 27.8. The summed E-state index contributed by atoms with van der Waals surface area (Å²) in [4.78, 5) is 23.2. The average Bonchev–Trinajstić information content (AvgIpc) is 2.62. The zero-order chi connectivity index (χ0) is 19.8. The highest BCUT2D eigenvalue weighted by molar-refractivity contribution is 5.67. The lowest BCUT2D eigenvalue weighted by Crippen LogP contribution is -2.60. The summed E-state index contributed by atoms with van der Waals surface area (Å²) in [6, 6.07) is 9.60. The van der Waals surface area contributed by atoms with Gasteiger partial charge in [0.2, 0.25) is 0 Å². The molecular formula is C20H28O7. The fourth-order valence-electron chi connectivity index (χ4n) is 2.96. The Hall–Kier alpha value is -1.96. The topological polar surface area (TPSA) is 80.3 Å². The second-order valence-corrected chi connectivity index (χ2v) is 6.49. The molecule has 1 aromatic carbocycles. The van der Waals surface area contributed by atoms with E-state index in [0.717, 1.165) is 12.0 Å². The molecule has 5 atom stereocenters. The van der Waals surface area contributed by atoms with Gasteiger partial charge in [-0.25, -0.2) is 0 Å². The van der Waals surface area contributed by atoms with Crippen LogP contribution in [0.2, 0.25) is 0 Å². The Morgan fingerprint density at radius 3 is 2.19 bits per heavy atom. The van der Waals surface area contributed by atoms with E-state index in [2.05, 4.69) is 0 Å². The maximum Gasteiger partial charge on any atom is 0.303 e. The van der Waals surface area contributed by atoms with Gasteiger partial charge in [0.15, 0.2) is 18.5 Å². The molecule has 0 amide bonds. The van der Waals surface area contributed by atoms with Crippen molar-refractivity contribution in [3.05, 3.63) is 35.9 Å². The Labute approximate surface area is 159 Å². The van der Waals surface area contributed by atoms with E-state index >= 15 is 0 Å². The average molecular weight is 380 g/mol. The first-order chi connectivity index (χ1) is 12.9. The van der Waals surface area contributed by atoms with Gasteiger partial charge < -0.3 is 23.7 Å². The number of hydrogen-bond donors (Lipinski definition) is 0.